The number of aryl methyl sites for hydroxylation is 2. The summed E-state index contributed by atoms with van der Waals surface area (Å²) in [6, 6.07) is 11.9. The van der Waals surface area contributed by atoms with Crippen molar-refractivity contribution in [3.8, 4) is 0 Å². The van der Waals surface area contributed by atoms with Gasteiger partial charge in [0.05, 0.1) is 15.1 Å². The van der Waals surface area contributed by atoms with Crippen molar-refractivity contribution in [1.82, 2.24) is 4.57 Å². The standard InChI is InChI=1S/C15H13ClN2O2S2/c1-10-8-11(16)9-13-14(10)18(2)15(21-13)17-22(19,20)12-6-4-3-5-7-12/h3-9H,1-2H3/b17-15-. The van der Waals surface area contributed by atoms with E-state index in [1.165, 1.54) is 23.5 Å². The highest BCUT2D eigenvalue weighted by Crippen LogP contribution is 2.25. The van der Waals surface area contributed by atoms with Crippen LogP contribution in [0.3, 0.4) is 0 Å². The van der Waals surface area contributed by atoms with E-state index in [0.717, 1.165) is 15.8 Å². The molecule has 4 nitrogen and oxygen atoms in total. The van der Waals surface area contributed by atoms with Crippen LogP contribution in [-0.2, 0) is 17.1 Å². The van der Waals surface area contributed by atoms with Crippen LogP contribution in [0.25, 0.3) is 10.2 Å². The molecule has 0 amide bonds. The molecule has 1 aromatic heterocycles. The van der Waals surface area contributed by atoms with Crippen molar-refractivity contribution in [3.05, 3.63) is 57.9 Å². The first-order chi connectivity index (χ1) is 10.4. The van der Waals surface area contributed by atoms with E-state index >= 15 is 0 Å². The van der Waals surface area contributed by atoms with Crippen molar-refractivity contribution in [3.63, 3.8) is 0 Å². The minimum Gasteiger partial charge on any atom is -0.319 e. The summed E-state index contributed by atoms with van der Waals surface area (Å²) >= 11 is 7.37. The molecule has 2 aromatic carbocycles. The molecule has 0 bridgehead atoms. The van der Waals surface area contributed by atoms with Gasteiger partial charge in [0.2, 0.25) is 4.80 Å². The molecule has 0 aliphatic rings. The number of hydrogen-bond acceptors (Lipinski definition) is 3. The third kappa shape index (κ3) is 2.69. The number of aromatic nitrogens is 1. The Balaban J connectivity index is 2.27. The maximum atomic E-state index is 12.4. The van der Waals surface area contributed by atoms with E-state index in [-0.39, 0.29) is 4.90 Å². The number of thiazole rings is 1. The fraction of sp³-hybridized carbons (Fsp3) is 0.133. The summed E-state index contributed by atoms with van der Waals surface area (Å²) in [5.74, 6) is 0. The first-order valence-electron chi connectivity index (χ1n) is 6.50. The molecule has 0 saturated carbocycles. The van der Waals surface area contributed by atoms with Crippen LogP contribution in [0, 0.1) is 6.92 Å². The van der Waals surface area contributed by atoms with Crippen molar-refractivity contribution in [2.75, 3.05) is 0 Å². The Morgan fingerprint density at radius 3 is 2.55 bits per heavy atom. The molecule has 0 unspecified atom stereocenters. The lowest BCUT2D eigenvalue weighted by atomic mass is 10.2. The first kappa shape index (κ1) is 15.3. The number of nitrogens with zero attached hydrogens (tertiary/aromatic N) is 2. The molecule has 114 valence electrons. The zero-order valence-corrected chi connectivity index (χ0v) is 14.3. The SMILES string of the molecule is Cc1cc(Cl)cc2s/c(=N\S(=O)(=O)c3ccccc3)n(C)c12. The van der Waals surface area contributed by atoms with Crippen LogP contribution in [-0.4, -0.2) is 13.0 Å². The van der Waals surface area contributed by atoms with Crippen molar-refractivity contribution in [1.29, 1.82) is 0 Å². The third-order valence-electron chi connectivity index (χ3n) is 3.29. The van der Waals surface area contributed by atoms with Gasteiger partial charge in [-0.1, -0.05) is 41.1 Å². The van der Waals surface area contributed by atoms with Gasteiger partial charge in [0, 0.05) is 12.1 Å². The van der Waals surface area contributed by atoms with Crippen LogP contribution in [0.4, 0.5) is 0 Å². The average Bonchev–Trinajstić information content (AvgIpc) is 2.75. The molecular formula is C15H13ClN2O2S2. The predicted octanol–water partition coefficient (Wildman–Crippen LogP) is 3.49. The van der Waals surface area contributed by atoms with Gasteiger partial charge < -0.3 is 4.57 Å². The van der Waals surface area contributed by atoms with Crippen LogP contribution < -0.4 is 4.80 Å². The molecule has 0 atom stereocenters. The van der Waals surface area contributed by atoms with Crippen LogP contribution >= 0.6 is 22.9 Å². The topological polar surface area (TPSA) is 51.4 Å². The summed E-state index contributed by atoms with van der Waals surface area (Å²) in [6.45, 7) is 1.94. The van der Waals surface area contributed by atoms with Gasteiger partial charge in [0.1, 0.15) is 0 Å². The maximum Gasteiger partial charge on any atom is 0.285 e. The van der Waals surface area contributed by atoms with Gasteiger partial charge in [-0.25, -0.2) is 0 Å². The van der Waals surface area contributed by atoms with Crippen molar-refractivity contribution in [2.24, 2.45) is 11.4 Å². The highest BCUT2D eigenvalue weighted by Gasteiger charge is 2.14. The molecule has 0 aliphatic carbocycles. The molecule has 0 spiro atoms. The smallest absolute Gasteiger partial charge is 0.285 e. The molecule has 22 heavy (non-hydrogen) atoms. The summed E-state index contributed by atoms with van der Waals surface area (Å²) in [6.07, 6.45) is 0. The van der Waals surface area contributed by atoms with Gasteiger partial charge in [0.25, 0.3) is 10.0 Å². The van der Waals surface area contributed by atoms with Crippen molar-refractivity contribution in [2.45, 2.75) is 11.8 Å². The Labute approximate surface area is 137 Å². The van der Waals surface area contributed by atoms with E-state index < -0.39 is 10.0 Å². The Morgan fingerprint density at radius 2 is 1.86 bits per heavy atom. The Bertz CT molecular complexity index is 1020. The minimum absolute atomic E-state index is 0.183. The second-order valence-electron chi connectivity index (χ2n) is 4.89. The quantitative estimate of drug-likeness (QED) is 0.708. The molecule has 3 aromatic rings. The highest BCUT2D eigenvalue weighted by atomic mass is 35.5. The van der Waals surface area contributed by atoms with Crippen LogP contribution in [0.2, 0.25) is 5.02 Å². The zero-order valence-electron chi connectivity index (χ0n) is 11.9. The lowest BCUT2D eigenvalue weighted by molar-refractivity contribution is 0.596. The molecule has 3 rings (SSSR count). The molecule has 0 aliphatic heterocycles. The third-order valence-corrected chi connectivity index (χ3v) is 5.99. The molecular weight excluding hydrogens is 340 g/mol. The van der Waals surface area contributed by atoms with E-state index in [0.29, 0.717) is 9.82 Å². The van der Waals surface area contributed by atoms with Gasteiger partial charge in [0.15, 0.2) is 0 Å². The molecule has 0 radical (unpaired) electrons. The fourth-order valence-electron chi connectivity index (χ4n) is 2.30. The summed E-state index contributed by atoms with van der Waals surface area (Å²) < 4.78 is 31.4. The van der Waals surface area contributed by atoms with E-state index in [2.05, 4.69) is 4.40 Å². The number of fused-ring (bicyclic) bond motifs is 1. The molecule has 0 fully saturated rings. The number of sulfonamides is 1. The van der Waals surface area contributed by atoms with Crippen molar-refractivity contribution >= 4 is 43.2 Å². The summed E-state index contributed by atoms with van der Waals surface area (Å²) in [5, 5.41) is 0.629. The monoisotopic (exact) mass is 352 g/mol. The van der Waals surface area contributed by atoms with E-state index in [9.17, 15) is 8.42 Å². The second-order valence-corrected chi connectivity index (χ2v) is 7.94. The number of hydrogen-bond donors (Lipinski definition) is 0. The van der Waals surface area contributed by atoms with E-state index in [4.69, 9.17) is 11.6 Å². The highest BCUT2D eigenvalue weighted by molar-refractivity contribution is 7.90. The lowest BCUT2D eigenvalue weighted by Gasteiger charge is -2.01. The lowest BCUT2D eigenvalue weighted by Crippen LogP contribution is -2.14. The van der Waals surface area contributed by atoms with Gasteiger partial charge in [-0.3, -0.25) is 0 Å². The molecule has 1 heterocycles. The fourth-order valence-corrected chi connectivity index (χ4v) is 5.02. The van der Waals surface area contributed by atoms with Crippen LogP contribution in [0.1, 0.15) is 5.56 Å². The van der Waals surface area contributed by atoms with E-state index in [1.807, 2.05) is 19.1 Å². The van der Waals surface area contributed by atoms with Crippen LogP contribution in [0.15, 0.2) is 51.8 Å². The Hall–Kier alpha value is -1.63. The Kier molecular flexibility index (Phi) is 3.84. The Morgan fingerprint density at radius 1 is 1.18 bits per heavy atom. The maximum absolute atomic E-state index is 12.4. The average molecular weight is 353 g/mol. The summed E-state index contributed by atoms with van der Waals surface area (Å²) in [7, 11) is -1.92. The second kappa shape index (κ2) is 5.53. The van der Waals surface area contributed by atoms with Gasteiger partial charge in [-0.15, -0.1) is 4.40 Å². The summed E-state index contributed by atoms with van der Waals surface area (Å²) in [4.78, 5) is 0.603. The van der Waals surface area contributed by atoms with Gasteiger partial charge >= 0.3 is 0 Å². The molecule has 0 N–H and O–H groups in total. The predicted molar refractivity (Wildman–Crippen MR) is 89.7 cm³/mol. The largest absolute Gasteiger partial charge is 0.319 e. The number of benzene rings is 2. The summed E-state index contributed by atoms with van der Waals surface area (Å²) in [5.41, 5.74) is 1.93. The number of halogens is 1. The first-order valence-corrected chi connectivity index (χ1v) is 9.14. The molecule has 7 heteroatoms. The van der Waals surface area contributed by atoms with Gasteiger partial charge in [-0.2, -0.15) is 8.42 Å². The minimum atomic E-state index is -3.72. The zero-order chi connectivity index (χ0) is 15.9. The number of rotatable bonds is 2. The van der Waals surface area contributed by atoms with Crippen LogP contribution in [0.5, 0.6) is 0 Å². The van der Waals surface area contributed by atoms with Crippen molar-refractivity contribution < 1.29 is 8.42 Å². The van der Waals surface area contributed by atoms with Gasteiger partial charge in [-0.05, 0) is 36.8 Å². The normalized spacial score (nSPS) is 13.0. The molecule has 0 saturated heterocycles. The van der Waals surface area contributed by atoms with E-state index in [1.54, 1.807) is 29.8 Å².